The molecule has 1 heterocycles. The molecule has 166 valence electrons. The van der Waals surface area contributed by atoms with Crippen LogP contribution in [0.15, 0.2) is 64.7 Å². The molecule has 2 N–H and O–H groups in total. The summed E-state index contributed by atoms with van der Waals surface area (Å²) in [6.07, 6.45) is 1.68. The highest BCUT2D eigenvalue weighted by Crippen LogP contribution is 2.21. The molecule has 10 heteroatoms. The predicted molar refractivity (Wildman–Crippen MR) is 126 cm³/mol. The molecule has 7 nitrogen and oxygen atoms in total. The Morgan fingerprint density at radius 1 is 1.25 bits per heavy atom. The van der Waals surface area contributed by atoms with Crippen molar-refractivity contribution in [3.63, 3.8) is 0 Å². The van der Waals surface area contributed by atoms with Gasteiger partial charge in [0.1, 0.15) is 5.82 Å². The lowest BCUT2D eigenvalue weighted by atomic mass is 10.1. The fourth-order valence-electron chi connectivity index (χ4n) is 2.82. The summed E-state index contributed by atoms with van der Waals surface area (Å²) in [4.78, 5) is 24.7. The Morgan fingerprint density at radius 2 is 2.06 bits per heavy atom. The van der Waals surface area contributed by atoms with Gasteiger partial charge >= 0.3 is 0 Å². The number of allylic oxidation sites excluding steroid dienone is 1. The molecule has 0 bridgehead atoms. The minimum absolute atomic E-state index is 0.0143. The smallest absolute Gasteiger partial charge is 0.251 e. The number of rotatable bonds is 9. The van der Waals surface area contributed by atoms with Crippen LogP contribution in [0, 0.1) is 12.7 Å². The Balaban J connectivity index is 1.61. The summed E-state index contributed by atoms with van der Waals surface area (Å²) in [7, 11) is 0. The standard InChI is InChI=1S/C22H21BrFN5O2S/c1-3-9-29-19(12-25-21(31)15-6-4-5-14(2)10-15)27-28-22(29)32-13-20(30)26-18-8-7-16(23)11-17(18)24/h3-8,10-11H,1,9,12-13H2,2H3,(H,25,31)(H,26,30). The van der Waals surface area contributed by atoms with E-state index in [1.807, 2.05) is 19.1 Å². The number of carbonyl (C=O) groups excluding carboxylic acids is 2. The van der Waals surface area contributed by atoms with Crippen molar-refractivity contribution < 1.29 is 14.0 Å². The third-order valence-electron chi connectivity index (χ3n) is 4.33. The van der Waals surface area contributed by atoms with Gasteiger partial charge in [0.05, 0.1) is 18.0 Å². The Kier molecular flexibility index (Phi) is 8.18. The first-order valence-corrected chi connectivity index (χ1v) is 11.4. The Bertz CT molecular complexity index is 1150. The monoisotopic (exact) mass is 517 g/mol. The fraction of sp³-hybridized carbons (Fsp3) is 0.182. The van der Waals surface area contributed by atoms with E-state index in [1.165, 1.54) is 12.1 Å². The van der Waals surface area contributed by atoms with Crippen molar-refractivity contribution >= 4 is 45.2 Å². The van der Waals surface area contributed by atoms with Gasteiger partial charge in [-0.15, -0.1) is 16.8 Å². The average molecular weight is 518 g/mol. The van der Waals surface area contributed by atoms with Crippen LogP contribution < -0.4 is 10.6 Å². The maximum Gasteiger partial charge on any atom is 0.251 e. The number of aryl methyl sites for hydroxylation is 1. The number of nitrogens with zero attached hydrogens (tertiary/aromatic N) is 3. The van der Waals surface area contributed by atoms with Gasteiger partial charge in [-0.2, -0.15) is 0 Å². The van der Waals surface area contributed by atoms with E-state index < -0.39 is 5.82 Å². The lowest BCUT2D eigenvalue weighted by Crippen LogP contribution is -2.25. The third-order valence-corrected chi connectivity index (χ3v) is 5.79. The van der Waals surface area contributed by atoms with Crippen molar-refractivity contribution in [1.29, 1.82) is 0 Å². The van der Waals surface area contributed by atoms with Crippen LogP contribution >= 0.6 is 27.7 Å². The van der Waals surface area contributed by atoms with Gasteiger partial charge in [0.25, 0.3) is 5.91 Å². The Hall–Kier alpha value is -2.98. The number of nitrogens with one attached hydrogen (secondary N) is 2. The largest absolute Gasteiger partial charge is 0.345 e. The van der Waals surface area contributed by atoms with Gasteiger partial charge in [-0.05, 0) is 37.3 Å². The van der Waals surface area contributed by atoms with Gasteiger partial charge in [-0.25, -0.2) is 4.39 Å². The van der Waals surface area contributed by atoms with Gasteiger partial charge < -0.3 is 15.2 Å². The zero-order valence-electron chi connectivity index (χ0n) is 17.3. The quantitative estimate of drug-likeness (QED) is 0.325. The summed E-state index contributed by atoms with van der Waals surface area (Å²) in [5, 5.41) is 14.1. The van der Waals surface area contributed by atoms with Crippen LogP contribution in [-0.2, 0) is 17.9 Å². The Labute approximate surface area is 197 Å². The van der Waals surface area contributed by atoms with Crippen LogP contribution in [0.4, 0.5) is 10.1 Å². The van der Waals surface area contributed by atoms with E-state index in [9.17, 15) is 14.0 Å². The zero-order valence-corrected chi connectivity index (χ0v) is 19.7. The normalized spacial score (nSPS) is 10.6. The Morgan fingerprint density at radius 3 is 2.78 bits per heavy atom. The van der Waals surface area contributed by atoms with E-state index in [0.29, 0.717) is 27.6 Å². The van der Waals surface area contributed by atoms with Crippen molar-refractivity contribution in [3.05, 3.63) is 82.4 Å². The van der Waals surface area contributed by atoms with Gasteiger partial charge in [0.2, 0.25) is 5.91 Å². The number of benzene rings is 2. The lowest BCUT2D eigenvalue weighted by molar-refractivity contribution is -0.113. The van der Waals surface area contributed by atoms with Crippen LogP contribution in [0.5, 0.6) is 0 Å². The molecule has 0 spiro atoms. The number of anilines is 1. The van der Waals surface area contributed by atoms with Crippen molar-refractivity contribution in [2.24, 2.45) is 0 Å². The van der Waals surface area contributed by atoms with Crippen molar-refractivity contribution in [3.8, 4) is 0 Å². The molecule has 0 aliphatic rings. The maximum absolute atomic E-state index is 13.9. The molecular formula is C22H21BrFN5O2S. The van der Waals surface area contributed by atoms with Crippen molar-refractivity contribution in [1.82, 2.24) is 20.1 Å². The van der Waals surface area contributed by atoms with E-state index in [-0.39, 0.29) is 29.8 Å². The van der Waals surface area contributed by atoms with Crippen LogP contribution in [0.3, 0.4) is 0 Å². The molecule has 0 atom stereocenters. The van der Waals surface area contributed by atoms with Crippen molar-refractivity contribution in [2.75, 3.05) is 11.1 Å². The van der Waals surface area contributed by atoms with E-state index in [2.05, 4.69) is 43.3 Å². The molecule has 1 aromatic heterocycles. The number of amides is 2. The van der Waals surface area contributed by atoms with E-state index in [4.69, 9.17) is 0 Å². The lowest BCUT2D eigenvalue weighted by Gasteiger charge is -2.10. The summed E-state index contributed by atoms with van der Waals surface area (Å²) in [6, 6.07) is 11.7. The number of hydrogen-bond acceptors (Lipinski definition) is 5. The number of carbonyl (C=O) groups is 2. The highest BCUT2D eigenvalue weighted by Gasteiger charge is 2.15. The number of halogens is 2. The minimum atomic E-state index is -0.529. The van der Waals surface area contributed by atoms with Gasteiger partial charge in [-0.1, -0.05) is 51.5 Å². The van der Waals surface area contributed by atoms with Crippen LogP contribution in [-0.4, -0.2) is 32.3 Å². The maximum atomic E-state index is 13.9. The molecule has 3 aromatic rings. The number of aromatic nitrogens is 3. The highest BCUT2D eigenvalue weighted by atomic mass is 79.9. The molecule has 0 radical (unpaired) electrons. The molecule has 2 aromatic carbocycles. The third kappa shape index (κ3) is 6.27. The molecule has 0 fully saturated rings. The second kappa shape index (κ2) is 11.1. The van der Waals surface area contributed by atoms with Crippen molar-refractivity contribution in [2.45, 2.75) is 25.2 Å². The van der Waals surface area contributed by atoms with Crippen LogP contribution in [0.2, 0.25) is 0 Å². The molecule has 0 unspecified atom stereocenters. The molecule has 3 rings (SSSR count). The molecule has 0 saturated carbocycles. The first kappa shape index (κ1) is 23.7. The molecule has 0 aliphatic heterocycles. The molecule has 0 saturated heterocycles. The molecule has 0 aliphatic carbocycles. The van der Waals surface area contributed by atoms with E-state index >= 15 is 0 Å². The van der Waals surface area contributed by atoms with E-state index in [1.54, 1.807) is 28.8 Å². The summed E-state index contributed by atoms with van der Waals surface area (Å²) in [6.45, 7) is 6.24. The van der Waals surface area contributed by atoms with Gasteiger partial charge in [-0.3, -0.25) is 9.59 Å². The summed E-state index contributed by atoms with van der Waals surface area (Å²) >= 11 is 4.34. The molecule has 32 heavy (non-hydrogen) atoms. The average Bonchev–Trinajstić information content (AvgIpc) is 3.14. The summed E-state index contributed by atoms with van der Waals surface area (Å²) < 4.78 is 16.3. The number of thioether (sulfide) groups is 1. The van der Waals surface area contributed by atoms with Crippen LogP contribution in [0.25, 0.3) is 0 Å². The zero-order chi connectivity index (χ0) is 23.1. The highest BCUT2D eigenvalue weighted by molar-refractivity contribution is 9.10. The second-order valence-electron chi connectivity index (χ2n) is 6.81. The first-order chi connectivity index (χ1) is 15.4. The summed E-state index contributed by atoms with van der Waals surface area (Å²) in [5.41, 5.74) is 1.66. The van der Waals surface area contributed by atoms with Gasteiger partial charge in [0.15, 0.2) is 11.0 Å². The number of hydrogen-bond donors (Lipinski definition) is 2. The molecular weight excluding hydrogens is 497 g/mol. The molecule has 2 amide bonds. The summed E-state index contributed by atoms with van der Waals surface area (Å²) in [5.74, 6) is -0.571. The van der Waals surface area contributed by atoms with Gasteiger partial charge in [0, 0.05) is 16.6 Å². The minimum Gasteiger partial charge on any atom is -0.345 e. The van der Waals surface area contributed by atoms with Crippen LogP contribution in [0.1, 0.15) is 21.7 Å². The van der Waals surface area contributed by atoms with E-state index in [0.717, 1.165) is 17.3 Å². The predicted octanol–water partition coefficient (Wildman–Crippen LogP) is 4.33. The topological polar surface area (TPSA) is 88.9 Å². The first-order valence-electron chi connectivity index (χ1n) is 9.63. The SMILES string of the molecule is C=CCn1c(CNC(=O)c2cccc(C)c2)nnc1SCC(=O)Nc1ccc(Br)cc1F. The second-order valence-corrected chi connectivity index (χ2v) is 8.67. The fourth-order valence-corrected chi connectivity index (χ4v) is 3.92.